The Morgan fingerprint density at radius 2 is 2.00 bits per heavy atom. The molecule has 10 heteroatoms. The molecule has 3 heterocycles. The van der Waals surface area contributed by atoms with Gasteiger partial charge in [-0.15, -0.1) is 10.2 Å². The summed E-state index contributed by atoms with van der Waals surface area (Å²) in [7, 11) is 0. The second-order valence-corrected chi connectivity index (χ2v) is 8.52. The maximum absolute atomic E-state index is 13.3. The number of hydrogen-bond donors (Lipinski definition) is 1. The lowest BCUT2D eigenvalue weighted by Crippen LogP contribution is -2.55. The van der Waals surface area contributed by atoms with E-state index in [-0.39, 0.29) is 29.8 Å². The maximum atomic E-state index is 13.3. The van der Waals surface area contributed by atoms with Crippen LogP contribution < -0.4 is 5.32 Å². The molecule has 5 rings (SSSR count). The van der Waals surface area contributed by atoms with Crippen molar-refractivity contribution in [3.8, 4) is 11.5 Å². The van der Waals surface area contributed by atoms with E-state index < -0.39 is 18.4 Å². The molecule has 1 N–H and O–H groups in total. The largest absolute Gasteiger partial charge is 0.415 e. The number of halogens is 2. The van der Waals surface area contributed by atoms with Gasteiger partial charge in [0.2, 0.25) is 11.8 Å². The van der Waals surface area contributed by atoms with Crippen molar-refractivity contribution in [2.24, 2.45) is 0 Å². The van der Waals surface area contributed by atoms with Gasteiger partial charge in [0.15, 0.2) is 0 Å². The second-order valence-electron chi connectivity index (χ2n) is 8.52. The summed E-state index contributed by atoms with van der Waals surface area (Å²) in [6.45, 7) is 1.05. The Kier molecular flexibility index (Phi) is 5.62. The number of aromatic nitrogens is 2. The highest BCUT2D eigenvalue weighted by atomic mass is 19.3. The van der Waals surface area contributed by atoms with Gasteiger partial charge in [0.25, 0.3) is 11.8 Å². The Morgan fingerprint density at radius 1 is 1.16 bits per heavy atom. The number of carbonyl (C=O) groups is 2. The average Bonchev–Trinajstić information content (AvgIpc) is 3.55. The molecule has 0 radical (unpaired) electrons. The van der Waals surface area contributed by atoms with Crippen molar-refractivity contribution < 1.29 is 27.5 Å². The molecule has 3 atom stereocenters. The standard InChI is InChI=1S/C22H24F2N4O4/c23-18(24)21-27-26-20(32-21)12-7-8-13-11-28(22(30)14(13)10-12)16-5-2-1-4-15(16)25-19(29)17-6-3-9-31-17/h7-8,10,15-18H,1-6,9,11H2,(H,25,29)/t15-,16?,17+/m1/s1. The van der Waals surface area contributed by atoms with E-state index in [4.69, 9.17) is 9.15 Å². The van der Waals surface area contributed by atoms with Crippen molar-refractivity contribution in [1.29, 1.82) is 0 Å². The highest BCUT2D eigenvalue weighted by Gasteiger charge is 2.39. The number of alkyl halides is 2. The molecule has 1 saturated carbocycles. The highest BCUT2D eigenvalue weighted by Crippen LogP contribution is 2.34. The van der Waals surface area contributed by atoms with Gasteiger partial charge in [-0.25, -0.2) is 0 Å². The van der Waals surface area contributed by atoms with Gasteiger partial charge < -0.3 is 19.4 Å². The quantitative estimate of drug-likeness (QED) is 0.757. The van der Waals surface area contributed by atoms with Gasteiger partial charge >= 0.3 is 6.43 Å². The number of amides is 2. The topological polar surface area (TPSA) is 97.6 Å². The van der Waals surface area contributed by atoms with Gasteiger partial charge in [0, 0.05) is 30.3 Å². The Bertz CT molecular complexity index is 1020. The van der Waals surface area contributed by atoms with Crippen LogP contribution in [0.3, 0.4) is 0 Å². The number of fused-ring (bicyclic) bond motifs is 1. The van der Waals surface area contributed by atoms with E-state index in [0.29, 0.717) is 24.3 Å². The summed E-state index contributed by atoms with van der Waals surface area (Å²) in [6, 6.07) is 4.87. The predicted molar refractivity (Wildman–Crippen MR) is 108 cm³/mol. The van der Waals surface area contributed by atoms with E-state index in [2.05, 4.69) is 15.5 Å². The highest BCUT2D eigenvalue weighted by molar-refractivity contribution is 5.99. The number of benzene rings is 1. The van der Waals surface area contributed by atoms with E-state index in [9.17, 15) is 18.4 Å². The third kappa shape index (κ3) is 3.87. The molecule has 2 aliphatic heterocycles. The van der Waals surface area contributed by atoms with E-state index in [1.807, 2.05) is 4.90 Å². The van der Waals surface area contributed by atoms with Crippen LogP contribution in [0.1, 0.15) is 66.8 Å². The van der Waals surface area contributed by atoms with Crippen molar-refractivity contribution in [2.75, 3.05) is 6.61 Å². The molecule has 0 spiro atoms. The molecule has 1 aromatic heterocycles. The van der Waals surface area contributed by atoms with Gasteiger partial charge in [-0.05, 0) is 43.4 Å². The third-order valence-corrected chi connectivity index (χ3v) is 6.50. The molecule has 32 heavy (non-hydrogen) atoms. The summed E-state index contributed by atoms with van der Waals surface area (Å²) in [6.07, 6.45) is 1.96. The molecule has 170 valence electrons. The number of hydrogen-bond acceptors (Lipinski definition) is 6. The lowest BCUT2D eigenvalue weighted by Gasteiger charge is -2.38. The van der Waals surface area contributed by atoms with Crippen LogP contribution in [0.15, 0.2) is 22.6 Å². The first kappa shape index (κ1) is 21.0. The minimum atomic E-state index is -2.85. The Morgan fingerprint density at radius 3 is 2.75 bits per heavy atom. The van der Waals surface area contributed by atoms with Crippen molar-refractivity contribution in [2.45, 2.75) is 69.7 Å². The van der Waals surface area contributed by atoms with Crippen LogP contribution in [0.4, 0.5) is 8.78 Å². The van der Waals surface area contributed by atoms with E-state index in [0.717, 1.165) is 44.1 Å². The molecule has 0 bridgehead atoms. The van der Waals surface area contributed by atoms with Gasteiger partial charge in [-0.2, -0.15) is 8.78 Å². The van der Waals surface area contributed by atoms with Crippen LogP contribution in [0.25, 0.3) is 11.5 Å². The molecular weight excluding hydrogens is 422 g/mol. The number of nitrogens with zero attached hydrogens (tertiary/aromatic N) is 3. The lowest BCUT2D eigenvalue weighted by atomic mass is 9.89. The zero-order chi connectivity index (χ0) is 22.2. The van der Waals surface area contributed by atoms with Crippen molar-refractivity contribution in [1.82, 2.24) is 20.4 Å². The van der Waals surface area contributed by atoms with Crippen LogP contribution in [-0.4, -0.2) is 51.7 Å². The van der Waals surface area contributed by atoms with Gasteiger partial charge in [0.1, 0.15) is 6.10 Å². The smallest absolute Gasteiger partial charge is 0.314 e. The normalized spacial score (nSPS) is 25.4. The molecular formula is C22H24F2N4O4. The molecule has 8 nitrogen and oxygen atoms in total. The number of ether oxygens (including phenoxy) is 1. The third-order valence-electron chi connectivity index (χ3n) is 6.50. The van der Waals surface area contributed by atoms with Crippen LogP contribution in [0.5, 0.6) is 0 Å². The monoisotopic (exact) mass is 446 g/mol. The maximum Gasteiger partial charge on any atom is 0.314 e. The summed E-state index contributed by atoms with van der Waals surface area (Å²) in [5, 5.41) is 10.1. The van der Waals surface area contributed by atoms with Crippen LogP contribution >= 0.6 is 0 Å². The van der Waals surface area contributed by atoms with E-state index in [1.165, 1.54) is 0 Å². The summed E-state index contributed by atoms with van der Waals surface area (Å²) < 4.78 is 36.1. The molecule has 1 unspecified atom stereocenters. The number of carbonyl (C=O) groups excluding carboxylic acids is 2. The molecule has 1 saturated heterocycles. The summed E-state index contributed by atoms with van der Waals surface area (Å²) >= 11 is 0. The molecule has 2 fully saturated rings. The fraction of sp³-hybridized carbons (Fsp3) is 0.545. The first-order valence-electron chi connectivity index (χ1n) is 11.0. The van der Waals surface area contributed by atoms with Crippen molar-refractivity contribution in [3.63, 3.8) is 0 Å². The summed E-state index contributed by atoms with van der Waals surface area (Å²) in [5.74, 6) is -1.04. The molecule has 1 aromatic carbocycles. The Labute approximate surface area is 183 Å². The SMILES string of the molecule is O=C(N[C@@H]1CCCCC1N1Cc2ccc(-c3nnc(C(F)F)o3)cc2C1=O)[C@@H]1CCCO1. The fourth-order valence-electron chi connectivity index (χ4n) is 4.88. The Balaban J connectivity index is 1.34. The van der Waals surface area contributed by atoms with Crippen molar-refractivity contribution >= 4 is 11.8 Å². The van der Waals surface area contributed by atoms with Crippen molar-refractivity contribution in [3.05, 3.63) is 35.2 Å². The minimum Gasteiger partial charge on any atom is -0.415 e. The first-order valence-corrected chi connectivity index (χ1v) is 11.0. The first-order chi connectivity index (χ1) is 15.5. The molecule has 3 aliphatic rings. The van der Waals surface area contributed by atoms with Gasteiger partial charge in [-0.1, -0.05) is 18.9 Å². The fourth-order valence-corrected chi connectivity index (χ4v) is 4.88. The number of rotatable bonds is 5. The zero-order valence-corrected chi connectivity index (χ0v) is 17.4. The van der Waals surface area contributed by atoms with E-state index >= 15 is 0 Å². The zero-order valence-electron chi connectivity index (χ0n) is 17.4. The second kappa shape index (κ2) is 8.57. The summed E-state index contributed by atoms with van der Waals surface area (Å²) in [5.41, 5.74) is 1.77. The average molecular weight is 446 g/mol. The van der Waals surface area contributed by atoms with Crippen LogP contribution in [-0.2, 0) is 16.1 Å². The van der Waals surface area contributed by atoms with Gasteiger partial charge in [-0.3, -0.25) is 9.59 Å². The van der Waals surface area contributed by atoms with Crippen LogP contribution in [0.2, 0.25) is 0 Å². The summed E-state index contributed by atoms with van der Waals surface area (Å²) in [4.78, 5) is 27.7. The van der Waals surface area contributed by atoms with E-state index in [1.54, 1.807) is 18.2 Å². The molecule has 1 aliphatic carbocycles. The Hall–Kier alpha value is -2.88. The predicted octanol–water partition coefficient (Wildman–Crippen LogP) is 3.24. The van der Waals surface area contributed by atoms with Crippen LogP contribution in [0, 0.1) is 0 Å². The van der Waals surface area contributed by atoms with Gasteiger partial charge in [0.05, 0.1) is 6.04 Å². The number of nitrogens with one attached hydrogen (secondary N) is 1. The minimum absolute atomic E-state index is 0.0475. The molecule has 2 aromatic rings. The lowest BCUT2D eigenvalue weighted by molar-refractivity contribution is -0.131. The molecule has 2 amide bonds.